The molecule has 1 aromatic heterocycles. The molecule has 2 rings (SSSR count). The molecule has 0 amide bonds. The van der Waals surface area contributed by atoms with Gasteiger partial charge in [0, 0.05) is 17.5 Å². The Labute approximate surface area is 102 Å². The van der Waals surface area contributed by atoms with Crippen molar-refractivity contribution in [2.45, 2.75) is 37.0 Å². The van der Waals surface area contributed by atoms with E-state index in [1.165, 1.54) is 35.5 Å². The predicted molar refractivity (Wildman–Crippen MR) is 70.5 cm³/mol. The molecule has 0 saturated carbocycles. The summed E-state index contributed by atoms with van der Waals surface area (Å²) < 4.78 is 0. The summed E-state index contributed by atoms with van der Waals surface area (Å²) in [5, 5.41) is 0. The maximum Gasteiger partial charge on any atom is 0.0580 e. The molecule has 0 aromatic carbocycles. The first kappa shape index (κ1) is 11.5. The summed E-state index contributed by atoms with van der Waals surface area (Å²) in [4.78, 5) is 7.21. The Morgan fingerprint density at radius 2 is 2.38 bits per heavy atom. The van der Waals surface area contributed by atoms with Crippen molar-refractivity contribution in [3.63, 3.8) is 0 Å². The highest BCUT2D eigenvalue weighted by molar-refractivity contribution is 8.03. The van der Waals surface area contributed by atoms with E-state index < -0.39 is 0 Å². The van der Waals surface area contributed by atoms with Gasteiger partial charge in [-0.05, 0) is 42.7 Å². The molecule has 2 heteroatoms. The van der Waals surface area contributed by atoms with E-state index in [1.807, 2.05) is 30.1 Å². The first-order valence-corrected chi connectivity index (χ1v) is 6.63. The Bertz CT molecular complexity index is 395. The van der Waals surface area contributed by atoms with Crippen LogP contribution in [0.5, 0.6) is 0 Å². The summed E-state index contributed by atoms with van der Waals surface area (Å²) in [6.07, 6.45) is 12.1. The second kappa shape index (κ2) is 5.90. The number of nitrogens with zero attached hydrogens (tertiary/aromatic N) is 1. The molecule has 0 fully saturated rings. The number of aromatic nitrogens is 1. The molecule has 0 spiro atoms. The predicted octanol–water partition coefficient (Wildman–Crippen LogP) is 4.36. The summed E-state index contributed by atoms with van der Waals surface area (Å²) in [5.41, 5.74) is 1.15. The lowest BCUT2D eigenvalue weighted by Crippen LogP contribution is -1.93. The van der Waals surface area contributed by atoms with E-state index in [0.717, 1.165) is 12.1 Å². The standard InChI is InChI=1S/C14H17NS/c1-2-7-13-14(10-6-11-15-13)16-12-8-4-3-5-9-12/h2,6,8,10-11H,1,3-5,7,9H2. The highest BCUT2D eigenvalue weighted by Gasteiger charge is 2.08. The van der Waals surface area contributed by atoms with Crippen LogP contribution in [0.15, 0.2) is 46.9 Å². The molecule has 1 aliphatic carbocycles. The molecule has 84 valence electrons. The van der Waals surface area contributed by atoms with Crippen LogP contribution in [0.1, 0.15) is 31.4 Å². The van der Waals surface area contributed by atoms with Gasteiger partial charge in [-0.2, -0.15) is 0 Å². The van der Waals surface area contributed by atoms with Crippen LogP contribution >= 0.6 is 11.8 Å². The number of thioether (sulfide) groups is 1. The first-order valence-electron chi connectivity index (χ1n) is 5.82. The average molecular weight is 231 g/mol. The van der Waals surface area contributed by atoms with Gasteiger partial charge >= 0.3 is 0 Å². The van der Waals surface area contributed by atoms with E-state index in [9.17, 15) is 0 Å². The summed E-state index contributed by atoms with van der Waals surface area (Å²) in [6, 6.07) is 4.17. The zero-order chi connectivity index (χ0) is 11.2. The molecule has 0 aliphatic heterocycles. The monoisotopic (exact) mass is 231 g/mol. The smallest absolute Gasteiger partial charge is 0.0580 e. The Kier molecular flexibility index (Phi) is 4.23. The summed E-state index contributed by atoms with van der Waals surface area (Å²) in [7, 11) is 0. The van der Waals surface area contributed by atoms with Gasteiger partial charge in [0.15, 0.2) is 0 Å². The SMILES string of the molecule is C=CCc1ncccc1SC1=CCCCC1. The van der Waals surface area contributed by atoms with Gasteiger partial charge in [0.25, 0.3) is 0 Å². The highest BCUT2D eigenvalue weighted by Crippen LogP contribution is 2.34. The van der Waals surface area contributed by atoms with Gasteiger partial charge in [0.1, 0.15) is 0 Å². The number of rotatable bonds is 4. The number of pyridine rings is 1. The maximum absolute atomic E-state index is 4.41. The van der Waals surface area contributed by atoms with Crippen LogP contribution in [0.2, 0.25) is 0 Å². The molecule has 0 unspecified atom stereocenters. The van der Waals surface area contributed by atoms with E-state index in [-0.39, 0.29) is 0 Å². The Balaban J connectivity index is 2.13. The molecule has 1 heterocycles. The lowest BCUT2D eigenvalue weighted by atomic mass is 10.1. The molecular formula is C14H17NS. The lowest BCUT2D eigenvalue weighted by molar-refractivity contribution is 0.723. The third-order valence-electron chi connectivity index (χ3n) is 2.68. The minimum absolute atomic E-state index is 0.858. The van der Waals surface area contributed by atoms with E-state index in [4.69, 9.17) is 0 Å². The number of hydrogen-bond donors (Lipinski definition) is 0. The number of allylic oxidation sites excluding steroid dienone is 3. The Morgan fingerprint density at radius 1 is 1.44 bits per heavy atom. The maximum atomic E-state index is 4.41. The normalized spacial score (nSPS) is 15.6. The second-order valence-corrected chi connectivity index (χ2v) is 5.13. The van der Waals surface area contributed by atoms with Gasteiger partial charge in [-0.25, -0.2) is 0 Å². The van der Waals surface area contributed by atoms with Crippen molar-refractivity contribution in [2.75, 3.05) is 0 Å². The van der Waals surface area contributed by atoms with Crippen molar-refractivity contribution in [2.24, 2.45) is 0 Å². The molecule has 1 nitrogen and oxygen atoms in total. The van der Waals surface area contributed by atoms with Crippen LogP contribution in [0.25, 0.3) is 0 Å². The van der Waals surface area contributed by atoms with Crippen LogP contribution in [0.4, 0.5) is 0 Å². The zero-order valence-corrected chi connectivity index (χ0v) is 10.3. The van der Waals surface area contributed by atoms with Gasteiger partial charge in [-0.1, -0.05) is 23.9 Å². The van der Waals surface area contributed by atoms with Crippen LogP contribution in [-0.2, 0) is 6.42 Å². The summed E-state index contributed by atoms with van der Waals surface area (Å²) in [6.45, 7) is 3.78. The fourth-order valence-corrected chi connectivity index (χ4v) is 2.98. The Morgan fingerprint density at radius 3 is 3.12 bits per heavy atom. The van der Waals surface area contributed by atoms with Crippen LogP contribution < -0.4 is 0 Å². The zero-order valence-electron chi connectivity index (χ0n) is 9.48. The van der Waals surface area contributed by atoms with Gasteiger partial charge < -0.3 is 0 Å². The van der Waals surface area contributed by atoms with Crippen LogP contribution in [0, 0.1) is 0 Å². The van der Waals surface area contributed by atoms with Crippen molar-refractivity contribution in [3.05, 3.63) is 47.7 Å². The third kappa shape index (κ3) is 2.99. The molecule has 0 radical (unpaired) electrons. The second-order valence-electron chi connectivity index (χ2n) is 3.96. The fraction of sp³-hybridized carbons (Fsp3) is 0.357. The van der Waals surface area contributed by atoms with Crippen molar-refractivity contribution >= 4 is 11.8 Å². The van der Waals surface area contributed by atoms with Crippen molar-refractivity contribution < 1.29 is 0 Å². The van der Waals surface area contributed by atoms with Crippen LogP contribution in [-0.4, -0.2) is 4.98 Å². The first-order chi connectivity index (χ1) is 7.90. The summed E-state index contributed by atoms with van der Waals surface area (Å²) in [5.74, 6) is 0. The van der Waals surface area contributed by atoms with Crippen LogP contribution in [0.3, 0.4) is 0 Å². The molecule has 0 saturated heterocycles. The van der Waals surface area contributed by atoms with Crippen molar-refractivity contribution in [3.8, 4) is 0 Å². The van der Waals surface area contributed by atoms with Gasteiger partial charge in [-0.3, -0.25) is 4.98 Å². The van der Waals surface area contributed by atoms with E-state index in [1.54, 1.807) is 0 Å². The largest absolute Gasteiger partial charge is 0.260 e. The Hall–Kier alpha value is -1.02. The third-order valence-corrected chi connectivity index (χ3v) is 3.90. The van der Waals surface area contributed by atoms with Gasteiger partial charge in [0.2, 0.25) is 0 Å². The van der Waals surface area contributed by atoms with Crippen molar-refractivity contribution in [1.82, 2.24) is 4.98 Å². The molecule has 0 N–H and O–H groups in total. The molecular weight excluding hydrogens is 214 g/mol. The average Bonchev–Trinajstić information content (AvgIpc) is 2.33. The van der Waals surface area contributed by atoms with E-state index in [2.05, 4.69) is 23.7 Å². The van der Waals surface area contributed by atoms with E-state index >= 15 is 0 Å². The topological polar surface area (TPSA) is 12.9 Å². The number of hydrogen-bond acceptors (Lipinski definition) is 2. The van der Waals surface area contributed by atoms with Crippen molar-refractivity contribution in [1.29, 1.82) is 0 Å². The fourth-order valence-electron chi connectivity index (χ4n) is 1.85. The quantitative estimate of drug-likeness (QED) is 0.714. The van der Waals surface area contributed by atoms with Gasteiger partial charge in [-0.15, -0.1) is 6.58 Å². The molecule has 0 bridgehead atoms. The van der Waals surface area contributed by atoms with Gasteiger partial charge in [0.05, 0.1) is 5.69 Å². The lowest BCUT2D eigenvalue weighted by Gasteiger charge is -2.13. The molecule has 1 aromatic rings. The minimum atomic E-state index is 0.858. The molecule has 16 heavy (non-hydrogen) atoms. The highest BCUT2D eigenvalue weighted by atomic mass is 32.2. The molecule has 1 aliphatic rings. The molecule has 0 atom stereocenters. The summed E-state index contributed by atoms with van der Waals surface area (Å²) >= 11 is 1.88. The minimum Gasteiger partial charge on any atom is -0.260 e. The van der Waals surface area contributed by atoms with E-state index in [0.29, 0.717) is 0 Å².